The molecule has 0 aliphatic heterocycles. The maximum atomic E-state index is 11.4. The molecule has 0 aliphatic rings. The highest BCUT2D eigenvalue weighted by molar-refractivity contribution is 5.88. The van der Waals surface area contributed by atoms with Crippen LogP contribution >= 0.6 is 0 Å². The summed E-state index contributed by atoms with van der Waals surface area (Å²) in [5.74, 6) is 0.576. The number of aromatic nitrogens is 1. The molecule has 0 saturated carbocycles. The molecule has 2 rings (SSSR count). The highest BCUT2D eigenvalue weighted by Crippen LogP contribution is 2.24. The van der Waals surface area contributed by atoms with Gasteiger partial charge in [0.1, 0.15) is 5.75 Å². The van der Waals surface area contributed by atoms with Crippen molar-refractivity contribution in [2.45, 2.75) is 13.3 Å². The van der Waals surface area contributed by atoms with Gasteiger partial charge in [0, 0.05) is 23.6 Å². The maximum Gasteiger partial charge on any atom is 0.412 e. The lowest BCUT2D eigenvalue weighted by Gasteiger charge is -2.06. The third-order valence-corrected chi connectivity index (χ3v) is 2.28. The van der Waals surface area contributed by atoms with Crippen molar-refractivity contribution in [3.8, 4) is 5.75 Å². The fourth-order valence-corrected chi connectivity index (χ4v) is 1.51. The zero-order chi connectivity index (χ0) is 11.4. The van der Waals surface area contributed by atoms with Crippen molar-refractivity contribution in [3.63, 3.8) is 0 Å². The minimum atomic E-state index is -0.407. The van der Waals surface area contributed by atoms with Crippen LogP contribution in [0.1, 0.15) is 13.3 Å². The number of rotatable bonds is 3. The van der Waals surface area contributed by atoms with Gasteiger partial charge in [0.05, 0.1) is 0 Å². The fourth-order valence-electron chi connectivity index (χ4n) is 1.51. The van der Waals surface area contributed by atoms with Crippen molar-refractivity contribution >= 4 is 17.0 Å². The predicted molar refractivity (Wildman–Crippen MR) is 62.6 cm³/mol. The second kappa shape index (κ2) is 4.70. The first kappa shape index (κ1) is 10.5. The van der Waals surface area contributed by atoms with E-state index in [1.165, 1.54) is 0 Å². The van der Waals surface area contributed by atoms with E-state index in [1.807, 2.05) is 31.3 Å². The molecule has 0 bridgehead atoms. The van der Waals surface area contributed by atoms with Gasteiger partial charge in [-0.15, -0.1) is 0 Å². The van der Waals surface area contributed by atoms with Crippen LogP contribution in [0.25, 0.3) is 10.9 Å². The van der Waals surface area contributed by atoms with Crippen LogP contribution in [0.4, 0.5) is 4.79 Å². The Morgan fingerprint density at radius 2 is 2.31 bits per heavy atom. The van der Waals surface area contributed by atoms with Crippen molar-refractivity contribution in [2.75, 3.05) is 6.54 Å². The summed E-state index contributed by atoms with van der Waals surface area (Å²) in [5.41, 5.74) is 0.959. The van der Waals surface area contributed by atoms with Crippen LogP contribution in [0.5, 0.6) is 5.75 Å². The van der Waals surface area contributed by atoms with E-state index in [2.05, 4.69) is 10.3 Å². The molecular formula is C12H14N2O2. The monoisotopic (exact) mass is 218 g/mol. The number of ether oxygens (including phenoxy) is 1. The molecule has 0 atom stereocenters. The summed E-state index contributed by atoms with van der Waals surface area (Å²) in [7, 11) is 0. The molecule has 0 aliphatic carbocycles. The molecule has 1 aromatic carbocycles. The van der Waals surface area contributed by atoms with E-state index < -0.39 is 6.09 Å². The number of hydrogen-bond acceptors (Lipinski definition) is 2. The van der Waals surface area contributed by atoms with Gasteiger partial charge in [-0.1, -0.05) is 13.0 Å². The van der Waals surface area contributed by atoms with Gasteiger partial charge in [0.2, 0.25) is 0 Å². The predicted octanol–water partition coefficient (Wildman–Crippen LogP) is 2.67. The van der Waals surface area contributed by atoms with Crippen molar-refractivity contribution in [1.82, 2.24) is 10.3 Å². The van der Waals surface area contributed by atoms with Crippen molar-refractivity contribution in [1.29, 1.82) is 0 Å². The largest absolute Gasteiger partial charge is 0.412 e. The SMILES string of the molecule is CCCNC(=O)Oc1cccc2[nH]ccc12. The number of benzene rings is 1. The zero-order valence-corrected chi connectivity index (χ0v) is 9.12. The highest BCUT2D eigenvalue weighted by Gasteiger charge is 2.07. The second-order valence-corrected chi connectivity index (χ2v) is 3.51. The summed E-state index contributed by atoms with van der Waals surface area (Å²) in [5, 5.41) is 3.58. The van der Waals surface area contributed by atoms with Gasteiger partial charge in [-0.2, -0.15) is 0 Å². The molecule has 2 N–H and O–H groups in total. The molecule has 1 heterocycles. The van der Waals surface area contributed by atoms with E-state index in [4.69, 9.17) is 4.74 Å². The lowest BCUT2D eigenvalue weighted by molar-refractivity contribution is 0.201. The van der Waals surface area contributed by atoms with Gasteiger partial charge in [0.25, 0.3) is 0 Å². The Labute approximate surface area is 93.6 Å². The topological polar surface area (TPSA) is 54.1 Å². The Morgan fingerprint density at radius 3 is 3.12 bits per heavy atom. The minimum absolute atomic E-state index is 0.407. The van der Waals surface area contributed by atoms with Crippen LogP contribution in [0, 0.1) is 0 Å². The van der Waals surface area contributed by atoms with Gasteiger partial charge in [-0.3, -0.25) is 0 Å². The van der Waals surface area contributed by atoms with Crippen LogP contribution in [-0.4, -0.2) is 17.6 Å². The number of carbonyl (C=O) groups is 1. The summed E-state index contributed by atoms with van der Waals surface area (Å²) in [6.45, 7) is 2.62. The highest BCUT2D eigenvalue weighted by atomic mass is 16.6. The molecule has 1 aromatic heterocycles. The first-order valence-corrected chi connectivity index (χ1v) is 5.33. The molecule has 16 heavy (non-hydrogen) atoms. The molecule has 4 heteroatoms. The average Bonchev–Trinajstić information content (AvgIpc) is 2.75. The summed E-state index contributed by atoms with van der Waals surface area (Å²) < 4.78 is 5.22. The summed E-state index contributed by atoms with van der Waals surface area (Å²) >= 11 is 0. The molecule has 4 nitrogen and oxygen atoms in total. The lowest BCUT2D eigenvalue weighted by atomic mass is 10.2. The van der Waals surface area contributed by atoms with Gasteiger partial charge in [0.15, 0.2) is 0 Å². The van der Waals surface area contributed by atoms with Gasteiger partial charge >= 0.3 is 6.09 Å². The third-order valence-electron chi connectivity index (χ3n) is 2.28. The third kappa shape index (κ3) is 2.16. The van der Waals surface area contributed by atoms with E-state index in [0.717, 1.165) is 17.3 Å². The molecular weight excluding hydrogens is 204 g/mol. The van der Waals surface area contributed by atoms with Gasteiger partial charge in [-0.25, -0.2) is 4.79 Å². The van der Waals surface area contributed by atoms with E-state index in [0.29, 0.717) is 12.3 Å². The van der Waals surface area contributed by atoms with Gasteiger partial charge < -0.3 is 15.0 Å². The number of H-pyrrole nitrogens is 1. The number of aromatic amines is 1. The summed E-state index contributed by atoms with van der Waals surface area (Å²) in [6.07, 6.45) is 2.31. The van der Waals surface area contributed by atoms with E-state index in [9.17, 15) is 4.79 Å². The Balaban J connectivity index is 2.14. The number of amides is 1. The molecule has 2 aromatic rings. The zero-order valence-electron chi connectivity index (χ0n) is 9.12. The Bertz CT molecular complexity index is 490. The Morgan fingerprint density at radius 1 is 1.44 bits per heavy atom. The summed E-state index contributed by atoms with van der Waals surface area (Å²) in [6, 6.07) is 7.45. The number of nitrogens with one attached hydrogen (secondary N) is 2. The molecule has 1 amide bonds. The van der Waals surface area contributed by atoms with Gasteiger partial charge in [-0.05, 0) is 24.6 Å². The first-order valence-electron chi connectivity index (χ1n) is 5.33. The van der Waals surface area contributed by atoms with Crippen molar-refractivity contribution in [3.05, 3.63) is 30.5 Å². The lowest BCUT2D eigenvalue weighted by Crippen LogP contribution is -2.27. The summed E-state index contributed by atoms with van der Waals surface area (Å²) in [4.78, 5) is 14.5. The van der Waals surface area contributed by atoms with Crippen LogP contribution < -0.4 is 10.1 Å². The van der Waals surface area contributed by atoms with Crippen molar-refractivity contribution < 1.29 is 9.53 Å². The smallest absolute Gasteiger partial charge is 0.410 e. The number of fused-ring (bicyclic) bond motifs is 1. The standard InChI is InChI=1S/C12H14N2O2/c1-2-7-14-12(15)16-11-5-3-4-10-9(11)6-8-13-10/h3-6,8,13H,2,7H2,1H3,(H,14,15). The second-order valence-electron chi connectivity index (χ2n) is 3.51. The number of hydrogen-bond donors (Lipinski definition) is 2. The molecule has 0 spiro atoms. The van der Waals surface area contributed by atoms with Crippen LogP contribution in [0.15, 0.2) is 30.5 Å². The molecule has 84 valence electrons. The normalized spacial score (nSPS) is 10.3. The fraction of sp³-hybridized carbons (Fsp3) is 0.250. The number of carbonyl (C=O) groups excluding carboxylic acids is 1. The molecule has 0 saturated heterocycles. The van der Waals surface area contributed by atoms with Crippen molar-refractivity contribution in [2.24, 2.45) is 0 Å². The minimum Gasteiger partial charge on any atom is -0.410 e. The van der Waals surface area contributed by atoms with Crippen LogP contribution in [-0.2, 0) is 0 Å². The Kier molecular flexibility index (Phi) is 3.10. The molecule has 0 fully saturated rings. The molecule has 0 radical (unpaired) electrons. The average molecular weight is 218 g/mol. The molecule has 0 unspecified atom stereocenters. The van der Waals surface area contributed by atoms with E-state index in [1.54, 1.807) is 6.07 Å². The van der Waals surface area contributed by atoms with E-state index in [-0.39, 0.29) is 0 Å². The maximum absolute atomic E-state index is 11.4. The first-order chi connectivity index (χ1) is 7.81. The quantitative estimate of drug-likeness (QED) is 0.832. The van der Waals surface area contributed by atoms with E-state index >= 15 is 0 Å². The Hall–Kier alpha value is -1.97. The van der Waals surface area contributed by atoms with Crippen LogP contribution in [0.2, 0.25) is 0 Å². The van der Waals surface area contributed by atoms with Crippen LogP contribution in [0.3, 0.4) is 0 Å².